The number of hydrogen-bond donors (Lipinski definition) is 0. The molecule has 1 rings (SSSR count). The zero-order valence-corrected chi connectivity index (χ0v) is 9.31. The van der Waals surface area contributed by atoms with Crippen LogP contribution in [0, 0.1) is 18.3 Å². The summed E-state index contributed by atoms with van der Waals surface area (Å²) < 4.78 is 2.25. The highest BCUT2D eigenvalue weighted by Crippen LogP contribution is 2.60. The lowest BCUT2D eigenvalue weighted by molar-refractivity contribution is 0.495. The van der Waals surface area contributed by atoms with Crippen LogP contribution in [-0.2, 0) is 11.8 Å². The molecule has 0 aromatic heterocycles. The molecule has 0 radical (unpaired) electrons. The highest BCUT2D eigenvalue weighted by molar-refractivity contribution is 8.70. The predicted octanol–water partition coefficient (Wildman–Crippen LogP) is 1.85. The predicted molar refractivity (Wildman–Crippen MR) is 57.6 cm³/mol. The number of rotatable bonds is 0. The Labute approximate surface area is 77.7 Å². The zero-order chi connectivity index (χ0) is 8.48. The SMILES string of the molecule is C#CC1CSP(C)(=S)N(C)C1. The third-order valence-electron chi connectivity index (χ3n) is 1.86. The van der Waals surface area contributed by atoms with Crippen LogP contribution in [0.2, 0.25) is 0 Å². The van der Waals surface area contributed by atoms with Gasteiger partial charge in [0.1, 0.15) is 0 Å². The van der Waals surface area contributed by atoms with Crippen LogP contribution in [-0.4, -0.2) is 30.7 Å². The Morgan fingerprint density at radius 2 is 2.45 bits per heavy atom. The summed E-state index contributed by atoms with van der Waals surface area (Å²) in [6.07, 6.45) is 5.34. The van der Waals surface area contributed by atoms with Gasteiger partial charge in [-0.2, -0.15) is 0 Å². The van der Waals surface area contributed by atoms with Crippen molar-refractivity contribution < 1.29 is 0 Å². The average molecular weight is 205 g/mol. The molecule has 1 saturated heterocycles. The number of terminal acetylenes is 1. The maximum Gasteiger partial charge on any atom is 0.0638 e. The summed E-state index contributed by atoms with van der Waals surface area (Å²) in [6.45, 7) is 3.15. The van der Waals surface area contributed by atoms with Crippen molar-refractivity contribution in [2.45, 2.75) is 0 Å². The van der Waals surface area contributed by atoms with E-state index in [9.17, 15) is 0 Å². The molecule has 62 valence electrons. The summed E-state index contributed by atoms with van der Waals surface area (Å²) in [4.78, 5) is 0. The molecular formula is C7H12NPS2. The first-order valence-electron chi connectivity index (χ1n) is 3.46. The lowest BCUT2D eigenvalue weighted by atomic mass is 10.2. The summed E-state index contributed by atoms with van der Waals surface area (Å²) in [5.41, 5.74) is 0. The Morgan fingerprint density at radius 3 is 2.91 bits per heavy atom. The van der Waals surface area contributed by atoms with Gasteiger partial charge in [-0.15, -0.1) is 23.7 Å². The maximum atomic E-state index is 5.45. The van der Waals surface area contributed by atoms with Gasteiger partial charge >= 0.3 is 0 Å². The molecule has 0 spiro atoms. The van der Waals surface area contributed by atoms with E-state index in [1.54, 1.807) is 0 Å². The summed E-state index contributed by atoms with van der Waals surface area (Å²) in [6, 6.07) is 0. The van der Waals surface area contributed by atoms with E-state index >= 15 is 0 Å². The molecule has 1 aliphatic rings. The standard InChI is InChI=1S/C7H12NPS2/c1-4-7-5-8(2)9(3,10)11-6-7/h1,7H,5-6H2,2-3H3. The quantitative estimate of drug-likeness (QED) is 0.439. The Balaban J connectivity index is 2.64. The lowest BCUT2D eigenvalue weighted by Gasteiger charge is -2.35. The van der Waals surface area contributed by atoms with Crippen molar-refractivity contribution in [2.24, 2.45) is 5.92 Å². The molecule has 0 amide bonds. The molecule has 1 fully saturated rings. The smallest absolute Gasteiger partial charge is 0.0638 e. The van der Waals surface area contributed by atoms with E-state index < -0.39 is 5.39 Å². The molecule has 0 aromatic rings. The van der Waals surface area contributed by atoms with Gasteiger partial charge in [0, 0.05) is 18.2 Å². The van der Waals surface area contributed by atoms with Gasteiger partial charge in [0.25, 0.3) is 0 Å². The van der Waals surface area contributed by atoms with Crippen LogP contribution in [0.15, 0.2) is 0 Å². The molecule has 0 aromatic carbocycles. The van der Waals surface area contributed by atoms with Crippen molar-refractivity contribution in [3.05, 3.63) is 0 Å². The van der Waals surface area contributed by atoms with E-state index in [0.717, 1.165) is 12.3 Å². The molecule has 2 unspecified atom stereocenters. The molecule has 2 atom stereocenters. The molecule has 11 heavy (non-hydrogen) atoms. The third kappa shape index (κ3) is 2.23. The van der Waals surface area contributed by atoms with Crippen LogP contribution < -0.4 is 0 Å². The van der Waals surface area contributed by atoms with Crippen LogP contribution in [0.4, 0.5) is 0 Å². The Kier molecular flexibility index (Phi) is 3.05. The molecule has 0 saturated carbocycles. The molecule has 1 nitrogen and oxygen atoms in total. The van der Waals surface area contributed by atoms with Gasteiger partial charge in [-0.05, 0) is 13.7 Å². The highest BCUT2D eigenvalue weighted by atomic mass is 32.9. The normalized spacial score (nSPS) is 39.9. The number of hydrogen-bond acceptors (Lipinski definition) is 2. The minimum Gasteiger partial charge on any atom is -0.269 e. The van der Waals surface area contributed by atoms with E-state index in [-0.39, 0.29) is 0 Å². The molecule has 4 heteroatoms. The van der Waals surface area contributed by atoms with Crippen LogP contribution in [0.1, 0.15) is 0 Å². The summed E-state index contributed by atoms with van der Waals surface area (Å²) in [7, 11) is 2.08. The first kappa shape index (κ1) is 9.61. The minimum absolute atomic E-state index is 0.404. The fourth-order valence-electron chi connectivity index (χ4n) is 0.948. The summed E-state index contributed by atoms with van der Waals surface area (Å²) >= 11 is 7.32. The van der Waals surface area contributed by atoms with Crippen LogP contribution in [0.25, 0.3) is 0 Å². The van der Waals surface area contributed by atoms with Gasteiger partial charge in [-0.1, -0.05) is 11.8 Å². The van der Waals surface area contributed by atoms with Gasteiger partial charge in [-0.25, -0.2) is 0 Å². The first-order chi connectivity index (χ1) is 5.06. The monoisotopic (exact) mass is 205 g/mol. The van der Waals surface area contributed by atoms with Crippen LogP contribution in [0.3, 0.4) is 0 Å². The Bertz CT molecular complexity index is 233. The van der Waals surface area contributed by atoms with Crippen molar-refractivity contribution in [3.63, 3.8) is 0 Å². The Morgan fingerprint density at radius 1 is 1.82 bits per heavy atom. The van der Waals surface area contributed by atoms with Gasteiger partial charge in [-0.3, -0.25) is 4.67 Å². The topological polar surface area (TPSA) is 3.24 Å². The third-order valence-corrected chi connectivity index (χ3v) is 8.80. The maximum absolute atomic E-state index is 5.45. The highest BCUT2D eigenvalue weighted by Gasteiger charge is 2.26. The average Bonchev–Trinajstić information content (AvgIpc) is 1.95. The second-order valence-corrected chi connectivity index (χ2v) is 11.4. The van der Waals surface area contributed by atoms with E-state index in [1.165, 1.54) is 0 Å². The van der Waals surface area contributed by atoms with Crippen LogP contribution >= 0.6 is 16.8 Å². The molecule has 0 N–H and O–H groups in total. The van der Waals surface area contributed by atoms with E-state index in [1.807, 2.05) is 11.4 Å². The van der Waals surface area contributed by atoms with Crippen molar-refractivity contribution in [1.82, 2.24) is 4.67 Å². The van der Waals surface area contributed by atoms with Gasteiger partial charge in [0.2, 0.25) is 0 Å². The molecule has 0 aliphatic carbocycles. The molecule has 1 heterocycles. The first-order valence-corrected chi connectivity index (χ1v) is 8.25. The molecule has 1 aliphatic heterocycles. The van der Waals surface area contributed by atoms with Crippen molar-refractivity contribution >= 4 is 28.6 Å². The van der Waals surface area contributed by atoms with Crippen LogP contribution in [0.5, 0.6) is 0 Å². The van der Waals surface area contributed by atoms with Crippen molar-refractivity contribution in [1.29, 1.82) is 0 Å². The second-order valence-electron chi connectivity index (χ2n) is 2.80. The minimum atomic E-state index is -1.24. The summed E-state index contributed by atoms with van der Waals surface area (Å²) in [5, 5.41) is -1.24. The van der Waals surface area contributed by atoms with E-state index in [2.05, 4.69) is 24.3 Å². The molecular weight excluding hydrogens is 193 g/mol. The number of nitrogens with zero attached hydrogens (tertiary/aromatic N) is 1. The fraction of sp³-hybridized carbons (Fsp3) is 0.714. The Hall–Kier alpha value is 0.520. The van der Waals surface area contributed by atoms with E-state index in [4.69, 9.17) is 18.2 Å². The summed E-state index contributed by atoms with van der Waals surface area (Å²) in [5.74, 6) is 4.24. The fourth-order valence-corrected chi connectivity index (χ4v) is 5.21. The zero-order valence-electron chi connectivity index (χ0n) is 6.78. The lowest BCUT2D eigenvalue weighted by Crippen LogP contribution is -2.27. The van der Waals surface area contributed by atoms with Crippen molar-refractivity contribution in [3.8, 4) is 12.3 Å². The van der Waals surface area contributed by atoms with Crippen molar-refractivity contribution in [2.75, 3.05) is 26.0 Å². The second kappa shape index (κ2) is 3.49. The van der Waals surface area contributed by atoms with Gasteiger partial charge in [0.15, 0.2) is 0 Å². The largest absolute Gasteiger partial charge is 0.269 e. The van der Waals surface area contributed by atoms with E-state index in [0.29, 0.717) is 5.92 Å². The molecule has 0 bridgehead atoms. The van der Waals surface area contributed by atoms with Gasteiger partial charge in [0.05, 0.1) is 5.39 Å². The van der Waals surface area contributed by atoms with Gasteiger partial charge < -0.3 is 0 Å².